The van der Waals surface area contributed by atoms with Crippen LogP contribution in [0.15, 0.2) is 16.9 Å². The number of rotatable bonds is 1. The summed E-state index contributed by atoms with van der Waals surface area (Å²) in [6.07, 6.45) is 12.9. The molecule has 1 aliphatic carbocycles. The lowest BCUT2D eigenvalue weighted by Crippen LogP contribution is -2.19. The molecule has 0 spiro atoms. The van der Waals surface area contributed by atoms with Gasteiger partial charge in [-0.2, -0.15) is 0 Å². The molecule has 0 atom stereocenters. The van der Waals surface area contributed by atoms with Crippen LogP contribution in [0, 0.1) is 5.92 Å². The summed E-state index contributed by atoms with van der Waals surface area (Å²) in [5, 5.41) is 4.43. The van der Waals surface area contributed by atoms with E-state index < -0.39 is 0 Å². The second kappa shape index (κ2) is 5.34. The maximum atomic E-state index is 4.53. The van der Waals surface area contributed by atoms with E-state index in [1.165, 1.54) is 51.4 Å². The van der Waals surface area contributed by atoms with Crippen molar-refractivity contribution >= 4 is 5.84 Å². The monoisotopic (exact) mass is 205 g/mol. The van der Waals surface area contributed by atoms with E-state index in [0.29, 0.717) is 5.92 Å². The summed E-state index contributed by atoms with van der Waals surface area (Å²) in [4.78, 5) is 4.53. The summed E-state index contributed by atoms with van der Waals surface area (Å²) in [6.45, 7) is 2.03. The van der Waals surface area contributed by atoms with Crippen LogP contribution in [0.25, 0.3) is 0 Å². The van der Waals surface area contributed by atoms with Crippen LogP contribution in [0.4, 0.5) is 0 Å². The fourth-order valence-electron chi connectivity index (χ4n) is 2.49. The van der Waals surface area contributed by atoms with E-state index in [2.05, 4.69) is 10.3 Å². The Kier molecular flexibility index (Phi) is 3.81. The molecule has 1 fully saturated rings. The van der Waals surface area contributed by atoms with Crippen LogP contribution in [0.1, 0.15) is 58.3 Å². The van der Waals surface area contributed by atoms with Crippen molar-refractivity contribution in [1.29, 1.82) is 0 Å². The molecule has 1 radical (unpaired) electrons. The molecular weight excluding hydrogens is 184 g/mol. The van der Waals surface area contributed by atoms with E-state index in [4.69, 9.17) is 0 Å². The third kappa shape index (κ3) is 3.08. The van der Waals surface area contributed by atoms with Gasteiger partial charge in [-0.15, -0.1) is 0 Å². The lowest BCUT2D eigenvalue weighted by molar-refractivity contribution is 0.530. The first-order chi connectivity index (χ1) is 7.36. The van der Waals surface area contributed by atoms with Gasteiger partial charge in [0.25, 0.3) is 0 Å². The van der Waals surface area contributed by atoms with E-state index in [0.717, 1.165) is 11.5 Å². The van der Waals surface area contributed by atoms with Crippen LogP contribution in [-0.2, 0) is 0 Å². The topological polar surface area (TPSA) is 26.5 Å². The molecule has 2 nitrogen and oxygen atoms in total. The van der Waals surface area contributed by atoms with Gasteiger partial charge in [-0.05, 0) is 19.8 Å². The highest BCUT2D eigenvalue weighted by molar-refractivity contribution is 5.87. The number of nitrogens with zero attached hydrogens (tertiary/aromatic N) is 2. The minimum Gasteiger partial charge on any atom is -0.239 e. The predicted octanol–water partition coefficient (Wildman–Crippen LogP) is 3.61. The van der Waals surface area contributed by atoms with Gasteiger partial charge in [0.1, 0.15) is 5.84 Å². The second-order valence-electron chi connectivity index (χ2n) is 4.77. The first-order valence-electron chi connectivity index (χ1n) is 6.32. The quantitative estimate of drug-likeness (QED) is 0.625. The molecule has 2 rings (SSSR count). The minimum atomic E-state index is 0.636. The molecule has 0 aromatic heterocycles. The molecule has 0 saturated heterocycles. The fraction of sp³-hybridized carbons (Fsp3) is 0.769. The largest absolute Gasteiger partial charge is 0.239 e. The highest BCUT2D eigenvalue weighted by atomic mass is 15.0. The van der Waals surface area contributed by atoms with Gasteiger partial charge in [0, 0.05) is 5.92 Å². The summed E-state index contributed by atoms with van der Waals surface area (Å²) in [6, 6.07) is 0. The molecule has 15 heavy (non-hydrogen) atoms. The molecular formula is C13H21N2. The molecule has 83 valence electrons. The summed E-state index contributed by atoms with van der Waals surface area (Å²) in [7, 11) is 0. The van der Waals surface area contributed by atoms with E-state index in [-0.39, 0.29) is 0 Å². The molecule has 1 heterocycles. The Morgan fingerprint density at radius 3 is 2.13 bits per heavy atom. The van der Waals surface area contributed by atoms with Crippen molar-refractivity contribution in [2.75, 3.05) is 0 Å². The molecule has 0 amide bonds. The van der Waals surface area contributed by atoms with Crippen molar-refractivity contribution < 1.29 is 0 Å². The van der Waals surface area contributed by atoms with Crippen LogP contribution in [0.2, 0.25) is 0 Å². The molecule has 0 bridgehead atoms. The zero-order valence-corrected chi connectivity index (χ0v) is 9.71. The van der Waals surface area contributed by atoms with E-state index >= 15 is 0 Å². The zero-order chi connectivity index (χ0) is 10.5. The standard InChI is InChI=1S/C13H21N2/c1-11-10-14-13(15-11)12-8-6-4-2-3-5-7-9-12/h10,12H,2-9H2,1H3. The van der Waals surface area contributed by atoms with Crippen molar-refractivity contribution in [3.8, 4) is 0 Å². The number of amidine groups is 1. The summed E-state index contributed by atoms with van der Waals surface area (Å²) in [5.41, 5.74) is 1.07. The normalized spacial score (nSPS) is 24.6. The Hall–Kier alpha value is -0.790. The maximum absolute atomic E-state index is 4.53. The van der Waals surface area contributed by atoms with Gasteiger partial charge >= 0.3 is 0 Å². The molecule has 1 saturated carbocycles. The third-order valence-electron chi connectivity index (χ3n) is 3.39. The van der Waals surface area contributed by atoms with Gasteiger partial charge in [0.2, 0.25) is 0 Å². The fourth-order valence-corrected chi connectivity index (χ4v) is 2.49. The summed E-state index contributed by atoms with van der Waals surface area (Å²) in [5.74, 6) is 1.74. The van der Waals surface area contributed by atoms with Crippen LogP contribution in [0.3, 0.4) is 0 Å². The van der Waals surface area contributed by atoms with E-state index in [1.807, 2.05) is 13.1 Å². The minimum absolute atomic E-state index is 0.636. The molecule has 0 N–H and O–H groups in total. The first-order valence-corrected chi connectivity index (χ1v) is 6.32. The lowest BCUT2D eigenvalue weighted by Gasteiger charge is -2.14. The summed E-state index contributed by atoms with van der Waals surface area (Å²) < 4.78 is 0. The lowest BCUT2D eigenvalue weighted by atomic mass is 9.96. The van der Waals surface area contributed by atoms with Crippen molar-refractivity contribution in [2.45, 2.75) is 58.3 Å². The third-order valence-corrected chi connectivity index (χ3v) is 3.39. The number of aliphatic imine (C=N–C) groups is 1. The van der Waals surface area contributed by atoms with Gasteiger partial charge in [-0.25, -0.2) is 10.3 Å². The molecule has 0 unspecified atom stereocenters. The van der Waals surface area contributed by atoms with E-state index in [9.17, 15) is 0 Å². The Labute approximate surface area is 92.9 Å². The second-order valence-corrected chi connectivity index (χ2v) is 4.77. The maximum Gasteiger partial charge on any atom is 0.131 e. The molecule has 0 aromatic rings. The van der Waals surface area contributed by atoms with Gasteiger partial charge in [0.05, 0.1) is 11.9 Å². The van der Waals surface area contributed by atoms with Gasteiger partial charge in [-0.1, -0.05) is 38.5 Å². The summed E-state index contributed by atoms with van der Waals surface area (Å²) >= 11 is 0. The highest BCUT2D eigenvalue weighted by Crippen LogP contribution is 2.24. The van der Waals surface area contributed by atoms with Crippen molar-refractivity contribution in [2.24, 2.45) is 10.9 Å². The SMILES string of the molecule is CC1=C[N]C(C2CCCCCCCC2)=N1. The van der Waals surface area contributed by atoms with Gasteiger partial charge in [-0.3, -0.25) is 0 Å². The number of hydrogen-bond acceptors (Lipinski definition) is 1. The van der Waals surface area contributed by atoms with Crippen LogP contribution >= 0.6 is 0 Å². The Morgan fingerprint density at radius 2 is 1.60 bits per heavy atom. The first kappa shape index (κ1) is 10.7. The molecule has 2 heteroatoms. The van der Waals surface area contributed by atoms with E-state index in [1.54, 1.807) is 0 Å². The molecule has 2 aliphatic rings. The van der Waals surface area contributed by atoms with Crippen LogP contribution < -0.4 is 5.32 Å². The average Bonchev–Trinajstić information content (AvgIpc) is 2.69. The number of allylic oxidation sites excluding steroid dienone is 1. The Balaban J connectivity index is 1.91. The molecule has 0 aromatic carbocycles. The average molecular weight is 205 g/mol. The van der Waals surface area contributed by atoms with Crippen molar-refractivity contribution in [1.82, 2.24) is 5.32 Å². The van der Waals surface area contributed by atoms with Crippen molar-refractivity contribution in [3.05, 3.63) is 11.9 Å². The zero-order valence-electron chi connectivity index (χ0n) is 9.71. The Morgan fingerprint density at radius 1 is 1.00 bits per heavy atom. The van der Waals surface area contributed by atoms with Gasteiger partial charge < -0.3 is 0 Å². The Bertz CT molecular complexity index is 256. The highest BCUT2D eigenvalue weighted by Gasteiger charge is 2.19. The van der Waals surface area contributed by atoms with Gasteiger partial charge in [0.15, 0.2) is 0 Å². The smallest absolute Gasteiger partial charge is 0.131 e. The number of hydrogen-bond donors (Lipinski definition) is 0. The molecule has 1 aliphatic heterocycles. The predicted molar refractivity (Wildman–Crippen MR) is 63.8 cm³/mol. The van der Waals surface area contributed by atoms with Crippen LogP contribution in [-0.4, -0.2) is 5.84 Å². The van der Waals surface area contributed by atoms with Crippen LogP contribution in [0.5, 0.6) is 0 Å². The van der Waals surface area contributed by atoms with Crippen molar-refractivity contribution in [3.63, 3.8) is 0 Å².